The van der Waals surface area contributed by atoms with Gasteiger partial charge < -0.3 is 19.1 Å². The number of nitrogens with zero attached hydrogens (tertiary/aromatic N) is 2. The molecule has 1 aromatic rings. The number of ether oxygens (including phenoxy) is 3. The lowest BCUT2D eigenvalue weighted by Gasteiger charge is -2.55. The van der Waals surface area contributed by atoms with Crippen molar-refractivity contribution in [1.82, 2.24) is 4.90 Å². The lowest BCUT2D eigenvalue weighted by atomic mass is 9.49. The van der Waals surface area contributed by atoms with Crippen LogP contribution in [0.4, 0.5) is 0 Å². The normalized spacial score (nSPS) is 30.4. The first-order chi connectivity index (χ1) is 16.3. The van der Waals surface area contributed by atoms with Crippen LogP contribution >= 0.6 is 11.6 Å². The van der Waals surface area contributed by atoms with Crippen LogP contribution in [0, 0.1) is 23.2 Å². The van der Waals surface area contributed by atoms with Crippen molar-refractivity contribution in [2.45, 2.75) is 45.4 Å². The number of hydrogen-bond donors (Lipinski definition) is 0. The molecule has 1 aromatic carbocycles. The van der Waals surface area contributed by atoms with Crippen molar-refractivity contribution < 1.29 is 23.8 Å². The van der Waals surface area contributed by atoms with Crippen LogP contribution < -0.4 is 9.47 Å². The lowest BCUT2D eigenvalue weighted by Crippen LogP contribution is -2.50. The number of rotatable bonds is 7. The van der Waals surface area contributed by atoms with Crippen molar-refractivity contribution in [3.8, 4) is 11.5 Å². The van der Waals surface area contributed by atoms with Gasteiger partial charge in [0.15, 0.2) is 23.8 Å². The zero-order valence-electron chi connectivity index (χ0n) is 19.9. The maximum absolute atomic E-state index is 12.7. The molecule has 1 aliphatic heterocycles. The molecular weight excluding hydrogens is 456 g/mol. The second kappa shape index (κ2) is 8.91. The Morgan fingerprint density at radius 2 is 1.82 bits per heavy atom. The minimum atomic E-state index is -0.420. The predicted molar refractivity (Wildman–Crippen MR) is 129 cm³/mol. The van der Waals surface area contributed by atoms with E-state index >= 15 is 0 Å². The molecule has 0 aromatic heterocycles. The Kier molecular flexibility index (Phi) is 6.09. The molecule has 7 nitrogen and oxygen atoms in total. The van der Waals surface area contributed by atoms with E-state index in [2.05, 4.69) is 0 Å². The fourth-order valence-corrected chi connectivity index (χ4v) is 6.78. The summed E-state index contributed by atoms with van der Waals surface area (Å²) in [5.74, 6) is 2.92. The summed E-state index contributed by atoms with van der Waals surface area (Å²) >= 11 is 6.48. The third kappa shape index (κ3) is 4.30. The van der Waals surface area contributed by atoms with Crippen LogP contribution in [0.1, 0.15) is 51.0 Å². The predicted octanol–water partition coefficient (Wildman–Crippen LogP) is 4.72. The molecule has 4 fully saturated rings. The van der Waals surface area contributed by atoms with E-state index in [0.29, 0.717) is 34.6 Å². The van der Waals surface area contributed by atoms with Gasteiger partial charge in [0.1, 0.15) is 0 Å². The van der Waals surface area contributed by atoms with Gasteiger partial charge >= 0.3 is 5.97 Å². The number of amides is 1. The fourth-order valence-electron chi connectivity index (χ4n) is 6.50. The Labute approximate surface area is 205 Å². The summed E-state index contributed by atoms with van der Waals surface area (Å²) in [5, 5.41) is 0.293. The van der Waals surface area contributed by atoms with Gasteiger partial charge in [-0.15, -0.1) is 0 Å². The Balaban J connectivity index is 1.41. The van der Waals surface area contributed by atoms with E-state index in [1.807, 2.05) is 6.92 Å². The smallest absolute Gasteiger partial charge is 0.363 e. The van der Waals surface area contributed by atoms with Gasteiger partial charge in [0, 0.05) is 19.5 Å². The maximum Gasteiger partial charge on any atom is 0.363 e. The summed E-state index contributed by atoms with van der Waals surface area (Å²) in [6.45, 7) is 2.09. The molecule has 6 rings (SSSR count). The topological polar surface area (TPSA) is 77.4 Å². The number of likely N-dealkylation sites (N-methyl/N-ethyl adjacent to an activating group) is 1. The molecule has 34 heavy (non-hydrogen) atoms. The Morgan fingerprint density at radius 1 is 1.18 bits per heavy atom. The Morgan fingerprint density at radius 3 is 2.41 bits per heavy atom. The number of esters is 1. The second-order valence-corrected chi connectivity index (χ2v) is 10.8. The third-order valence-corrected chi connectivity index (χ3v) is 7.87. The van der Waals surface area contributed by atoms with Crippen molar-refractivity contribution in [1.29, 1.82) is 0 Å². The molecule has 1 amide bonds. The number of aliphatic imine (C=N–C) groups is 1. The average molecular weight is 487 g/mol. The van der Waals surface area contributed by atoms with E-state index in [0.717, 1.165) is 37.0 Å². The van der Waals surface area contributed by atoms with E-state index in [4.69, 9.17) is 30.8 Å². The summed E-state index contributed by atoms with van der Waals surface area (Å²) in [5.41, 5.74) is 0.855. The molecule has 4 aliphatic carbocycles. The number of halogens is 1. The molecule has 0 N–H and O–H groups in total. The largest absolute Gasteiger partial charge is 0.490 e. The van der Waals surface area contributed by atoms with Crippen molar-refractivity contribution in [2.24, 2.45) is 28.2 Å². The van der Waals surface area contributed by atoms with Crippen molar-refractivity contribution >= 4 is 35.5 Å². The van der Waals surface area contributed by atoms with Crippen molar-refractivity contribution in [3.05, 3.63) is 28.4 Å². The first-order valence-electron chi connectivity index (χ1n) is 12.1. The highest BCUT2D eigenvalue weighted by atomic mass is 35.5. The van der Waals surface area contributed by atoms with Crippen LogP contribution in [-0.2, 0) is 14.3 Å². The zero-order valence-corrected chi connectivity index (χ0v) is 20.7. The number of cyclic esters (lactones) is 1. The molecule has 0 atom stereocenters. The summed E-state index contributed by atoms with van der Waals surface area (Å²) in [4.78, 5) is 30.8. The van der Waals surface area contributed by atoms with Gasteiger partial charge in [-0.3, -0.25) is 4.79 Å². The summed E-state index contributed by atoms with van der Waals surface area (Å²) in [6, 6.07) is 3.42. The van der Waals surface area contributed by atoms with E-state index in [-0.39, 0.29) is 23.6 Å². The highest BCUT2D eigenvalue weighted by molar-refractivity contribution is 6.32. The van der Waals surface area contributed by atoms with E-state index in [1.54, 1.807) is 32.3 Å². The molecule has 0 unspecified atom stereocenters. The molecule has 0 saturated heterocycles. The molecule has 8 heteroatoms. The number of hydrogen-bond acceptors (Lipinski definition) is 6. The van der Waals surface area contributed by atoms with Crippen molar-refractivity contribution in [2.75, 3.05) is 27.3 Å². The minimum Gasteiger partial charge on any atom is -0.490 e. The lowest BCUT2D eigenvalue weighted by molar-refractivity contribution is -0.132. The van der Waals surface area contributed by atoms with Crippen LogP contribution in [0.2, 0.25) is 5.02 Å². The molecule has 5 aliphatic rings. The van der Waals surface area contributed by atoms with Gasteiger partial charge in [0.25, 0.3) is 5.91 Å². The van der Waals surface area contributed by atoms with Gasteiger partial charge in [0.05, 0.1) is 11.6 Å². The van der Waals surface area contributed by atoms with Gasteiger partial charge in [0.2, 0.25) is 5.90 Å². The first kappa shape index (κ1) is 23.2. The molecule has 4 bridgehead atoms. The van der Waals surface area contributed by atoms with E-state index in [1.165, 1.54) is 24.2 Å². The third-order valence-electron chi connectivity index (χ3n) is 7.59. The van der Waals surface area contributed by atoms with Crippen LogP contribution in [0.5, 0.6) is 11.5 Å². The molecule has 4 saturated carbocycles. The summed E-state index contributed by atoms with van der Waals surface area (Å²) in [7, 11) is 3.32. The Bertz CT molecular complexity index is 1040. The van der Waals surface area contributed by atoms with Crippen LogP contribution in [0.25, 0.3) is 6.08 Å². The van der Waals surface area contributed by atoms with Crippen LogP contribution in [0.15, 0.2) is 22.8 Å². The van der Waals surface area contributed by atoms with E-state index in [9.17, 15) is 9.59 Å². The first-order valence-corrected chi connectivity index (χ1v) is 12.5. The molecule has 0 spiro atoms. The SMILES string of the molecule is CCOc1cc(/C=C2/N=C(C34CC5CC(CC(C5)C3)C4)OC2=O)cc(Cl)c1OCC(=O)N(C)C. The maximum atomic E-state index is 12.7. The molecular formula is C26H31ClN2O5. The van der Waals surface area contributed by atoms with Crippen LogP contribution in [0.3, 0.4) is 0 Å². The van der Waals surface area contributed by atoms with Crippen LogP contribution in [-0.4, -0.2) is 50.0 Å². The summed E-state index contributed by atoms with van der Waals surface area (Å²) in [6.07, 6.45) is 8.87. The highest BCUT2D eigenvalue weighted by Gasteiger charge is 2.55. The summed E-state index contributed by atoms with van der Waals surface area (Å²) < 4.78 is 17.1. The highest BCUT2D eigenvalue weighted by Crippen LogP contribution is 2.61. The monoisotopic (exact) mass is 486 g/mol. The second-order valence-electron chi connectivity index (χ2n) is 10.4. The van der Waals surface area contributed by atoms with Gasteiger partial charge in [-0.05, 0) is 87.0 Å². The quantitative estimate of drug-likeness (QED) is 0.411. The standard InChI is InChI=1S/C26H31ClN2O5/c1-4-32-21-10-15(8-19(27)23(21)33-14-22(30)29(2)3)9-20-24(31)34-25(28-20)26-11-16-5-17(12-26)7-18(6-16)13-26/h8-10,16-18H,4-7,11-14H2,1-3H3/b20-9+. The molecule has 182 valence electrons. The fraction of sp³-hybridized carbons (Fsp3) is 0.577. The number of carbonyl (C=O) groups excluding carboxylic acids is 2. The average Bonchev–Trinajstić information content (AvgIpc) is 3.13. The van der Waals surface area contributed by atoms with Gasteiger partial charge in [-0.25, -0.2) is 9.79 Å². The molecule has 1 heterocycles. The van der Waals surface area contributed by atoms with Crippen molar-refractivity contribution in [3.63, 3.8) is 0 Å². The van der Waals surface area contributed by atoms with Gasteiger partial charge in [-0.2, -0.15) is 0 Å². The molecule has 0 radical (unpaired) electrons. The van der Waals surface area contributed by atoms with Gasteiger partial charge in [-0.1, -0.05) is 11.6 Å². The Hall–Kier alpha value is -2.54. The number of benzene rings is 1. The van der Waals surface area contributed by atoms with E-state index < -0.39 is 5.97 Å². The minimum absolute atomic E-state index is 0.0786. The number of carbonyl (C=O) groups is 2. The zero-order chi connectivity index (χ0) is 24.0.